The lowest BCUT2D eigenvalue weighted by atomic mass is 10.0. The third-order valence-corrected chi connectivity index (χ3v) is 3.45. The van der Waals surface area contributed by atoms with Crippen molar-refractivity contribution in [3.05, 3.63) is 46.1 Å². The molecule has 7 nitrogen and oxygen atoms in total. The number of ether oxygens (including phenoxy) is 2. The molecule has 2 heterocycles. The van der Waals surface area contributed by atoms with Crippen molar-refractivity contribution >= 4 is 18.0 Å². The largest absolute Gasteiger partial charge is 0.498 e. The highest BCUT2D eigenvalue weighted by molar-refractivity contribution is 7.71. The molecule has 0 aliphatic heterocycles. The predicted octanol–water partition coefficient (Wildman–Crippen LogP) is 3.02. The van der Waals surface area contributed by atoms with E-state index >= 15 is 0 Å². The molecule has 0 radical (unpaired) electrons. The molecule has 0 spiro atoms. The number of H-pyrrole nitrogens is 1. The van der Waals surface area contributed by atoms with Crippen LogP contribution >= 0.6 is 12.2 Å². The van der Waals surface area contributed by atoms with E-state index in [0.29, 0.717) is 22.8 Å². The normalized spacial score (nSPS) is 10.6. The molecule has 0 aromatic carbocycles. The van der Waals surface area contributed by atoms with E-state index in [-0.39, 0.29) is 21.6 Å². The summed E-state index contributed by atoms with van der Waals surface area (Å²) in [7, 11) is 1.53. The Morgan fingerprint density at radius 3 is 2.58 bits per heavy atom. The van der Waals surface area contributed by atoms with E-state index in [0.717, 1.165) is 0 Å². The fourth-order valence-electron chi connectivity index (χ4n) is 1.90. The number of nitrogen functional groups attached to an aromatic ring is 1. The number of methoxy groups -OCH3 is 1. The molecular weight excluding hydrogens is 326 g/mol. The summed E-state index contributed by atoms with van der Waals surface area (Å²) in [6.45, 7) is 1.74. The van der Waals surface area contributed by atoms with Crippen molar-refractivity contribution in [3.63, 3.8) is 0 Å². The molecule has 120 valence electrons. The first-order valence-electron chi connectivity index (χ1n) is 6.71. The second kappa shape index (κ2) is 7.27. The maximum atomic E-state index is 9.34. The zero-order valence-corrected chi connectivity index (χ0v) is 13.8. The van der Waals surface area contributed by atoms with Crippen molar-refractivity contribution in [2.24, 2.45) is 0 Å². The molecule has 0 atom stereocenters. The Kier molecular flexibility index (Phi) is 5.15. The van der Waals surface area contributed by atoms with Gasteiger partial charge in [-0.05, 0) is 19.1 Å². The third kappa shape index (κ3) is 3.35. The summed E-state index contributed by atoms with van der Waals surface area (Å²) in [5.74, 6) is 1.17. The topological polar surface area (TPSA) is 121 Å². The summed E-state index contributed by atoms with van der Waals surface area (Å²) in [6, 6.07) is 7.24. The van der Waals surface area contributed by atoms with Gasteiger partial charge in [0.1, 0.15) is 45.9 Å². The lowest BCUT2D eigenvalue weighted by Gasteiger charge is -2.09. The minimum absolute atomic E-state index is 0.0947. The van der Waals surface area contributed by atoms with E-state index in [1.807, 2.05) is 12.1 Å². The monoisotopic (exact) mass is 339 g/mol. The van der Waals surface area contributed by atoms with Crippen LogP contribution in [0.1, 0.15) is 18.1 Å². The minimum atomic E-state index is 0.0947. The molecule has 2 rings (SSSR count). The highest BCUT2D eigenvalue weighted by Gasteiger charge is 2.17. The average molecular weight is 339 g/mol. The number of anilines is 1. The van der Waals surface area contributed by atoms with E-state index in [1.165, 1.54) is 19.6 Å². The number of allylic oxidation sites excluding steroid dienone is 1. The lowest BCUT2D eigenvalue weighted by molar-refractivity contribution is 0.276. The van der Waals surface area contributed by atoms with E-state index in [1.54, 1.807) is 19.1 Å². The zero-order valence-electron chi connectivity index (χ0n) is 13.0. The summed E-state index contributed by atoms with van der Waals surface area (Å²) < 4.78 is 10.5. The maximum Gasteiger partial charge on any atom is 0.145 e. The standard InChI is InChI=1S/C16H13N5O2S/c1-9(22-2)8-23-10-3-4-13(20-7-10)14-11(5-17)15(19)21-16(24)12(14)6-18/h3-4,7-8H,1-2H3,(H3,19,21,24)/b9-8-. The van der Waals surface area contributed by atoms with Crippen LogP contribution in [-0.4, -0.2) is 17.1 Å². The number of aromatic amines is 1. The minimum Gasteiger partial charge on any atom is -0.498 e. The molecule has 0 fully saturated rings. The van der Waals surface area contributed by atoms with Gasteiger partial charge < -0.3 is 20.2 Å². The summed E-state index contributed by atoms with van der Waals surface area (Å²) in [5, 5.41) is 18.7. The maximum absolute atomic E-state index is 9.34. The van der Waals surface area contributed by atoms with Crippen molar-refractivity contribution in [2.75, 3.05) is 12.8 Å². The Balaban J connectivity index is 2.52. The number of hydrogen-bond donors (Lipinski definition) is 2. The van der Waals surface area contributed by atoms with Gasteiger partial charge >= 0.3 is 0 Å². The fraction of sp³-hybridized carbons (Fsp3) is 0.125. The molecule has 24 heavy (non-hydrogen) atoms. The third-order valence-electron chi connectivity index (χ3n) is 3.14. The van der Waals surface area contributed by atoms with E-state index in [9.17, 15) is 10.5 Å². The smallest absolute Gasteiger partial charge is 0.145 e. The molecule has 8 heteroatoms. The molecule has 0 bridgehead atoms. The highest BCUT2D eigenvalue weighted by atomic mass is 32.1. The molecule has 0 saturated carbocycles. The summed E-state index contributed by atoms with van der Waals surface area (Å²) >= 11 is 5.10. The van der Waals surface area contributed by atoms with E-state index in [4.69, 9.17) is 27.4 Å². The Morgan fingerprint density at radius 2 is 2.04 bits per heavy atom. The lowest BCUT2D eigenvalue weighted by Crippen LogP contribution is -2.02. The molecule has 2 aromatic heterocycles. The van der Waals surface area contributed by atoms with Gasteiger partial charge in [-0.15, -0.1) is 0 Å². The molecule has 2 aromatic rings. The number of rotatable bonds is 4. The van der Waals surface area contributed by atoms with Crippen molar-refractivity contribution in [1.82, 2.24) is 9.97 Å². The van der Waals surface area contributed by atoms with Crippen LogP contribution in [0.4, 0.5) is 5.82 Å². The number of pyridine rings is 2. The second-order valence-corrected chi connectivity index (χ2v) is 5.05. The van der Waals surface area contributed by atoms with Gasteiger partial charge in [0, 0.05) is 5.56 Å². The van der Waals surface area contributed by atoms with Crippen LogP contribution in [0.3, 0.4) is 0 Å². The predicted molar refractivity (Wildman–Crippen MR) is 90.1 cm³/mol. The zero-order chi connectivity index (χ0) is 17.7. The molecule has 3 N–H and O–H groups in total. The number of hydrogen-bond acceptors (Lipinski definition) is 7. The fourth-order valence-corrected chi connectivity index (χ4v) is 2.15. The summed E-state index contributed by atoms with van der Waals surface area (Å²) in [6.07, 6.45) is 2.90. The van der Waals surface area contributed by atoms with Gasteiger partial charge in [-0.1, -0.05) is 12.2 Å². The van der Waals surface area contributed by atoms with E-state index < -0.39 is 0 Å². The molecule has 0 amide bonds. The molecule has 0 saturated heterocycles. The SMILES string of the molecule is CO/C(C)=C\Oc1ccc(-c2c(C#N)c(N)[nH]c(=S)c2C#N)nc1. The van der Waals surface area contributed by atoms with Gasteiger partial charge in [0.2, 0.25) is 0 Å². The van der Waals surface area contributed by atoms with Crippen LogP contribution in [0.15, 0.2) is 30.4 Å². The van der Waals surface area contributed by atoms with Crippen LogP contribution in [0.5, 0.6) is 5.75 Å². The van der Waals surface area contributed by atoms with Crippen molar-refractivity contribution in [2.45, 2.75) is 6.92 Å². The van der Waals surface area contributed by atoms with Crippen molar-refractivity contribution in [1.29, 1.82) is 10.5 Å². The number of nitriles is 2. The Hall–Kier alpha value is -3.36. The first-order chi connectivity index (χ1) is 11.5. The van der Waals surface area contributed by atoms with Crippen LogP contribution in [0, 0.1) is 27.3 Å². The summed E-state index contributed by atoms with van der Waals surface area (Å²) in [4.78, 5) is 6.88. The number of aromatic nitrogens is 2. The molecule has 0 aliphatic carbocycles. The molecular formula is C16H13N5O2S. The molecule has 0 aliphatic rings. The highest BCUT2D eigenvalue weighted by Crippen LogP contribution is 2.29. The van der Waals surface area contributed by atoms with E-state index in [2.05, 4.69) is 9.97 Å². The van der Waals surface area contributed by atoms with Gasteiger partial charge in [-0.25, -0.2) is 0 Å². The van der Waals surface area contributed by atoms with Crippen molar-refractivity contribution in [3.8, 4) is 29.1 Å². The van der Waals surface area contributed by atoms with Crippen LogP contribution < -0.4 is 10.5 Å². The van der Waals surface area contributed by atoms with Gasteiger partial charge in [0.15, 0.2) is 0 Å². The Labute approximate surface area is 143 Å². The first-order valence-corrected chi connectivity index (χ1v) is 7.12. The van der Waals surface area contributed by atoms with Gasteiger partial charge in [0.05, 0.1) is 24.6 Å². The Bertz CT molecular complexity index is 933. The van der Waals surface area contributed by atoms with Gasteiger partial charge in [0.25, 0.3) is 0 Å². The van der Waals surface area contributed by atoms with Gasteiger partial charge in [-0.3, -0.25) is 4.98 Å². The molecule has 0 unspecified atom stereocenters. The van der Waals surface area contributed by atoms with Crippen LogP contribution in [-0.2, 0) is 4.74 Å². The first kappa shape index (κ1) is 17.0. The van der Waals surface area contributed by atoms with Crippen LogP contribution in [0.25, 0.3) is 11.3 Å². The number of nitrogens with zero attached hydrogens (tertiary/aromatic N) is 3. The van der Waals surface area contributed by atoms with Gasteiger partial charge in [-0.2, -0.15) is 10.5 Å². The average Bonchev–Trinajstić information content (AvgIpc) is 2.59. The van der Waals surface area contributed by atoms with Crippen LogP contribution in [0.2, 0.25) is 0 Å². The van der Waals surface area contributed by atoms with Crippen molar-refractivity contribution < 1.29 is 9.47 Å². The number of nitrogens with two attached hydrogens (primary N) is 1. The second-order valence-electron chi connectivity index (χ2n) is 4.65. The number of nitrogens with one attached hydrogen (secondary N) is 1. The Morgan fingerprint density at radius 1 is 1.33 bits per heavy atom. The quantitative estimate of drug-likeness (QED) is 0.648. The summed E-state index contributed by atoms with van der Waals surface area (Å²) in [5.41, 5.74) is 6.76.